The summed E-state index contributed by atoms with van der Waals surface area (Å²) in [5.74, 6) is -0.461. The van der Waals surface area contributed by atoms with Gasteiger partial charge in [-0.05, 0) is 37.4 Å². The first-order valence-electron chi connectivity index (χ1n) is 6.77. The molecule has 1 aromatic carbocycles. The molecule has 1 aromatic rings. The summed E-state index contributed by atoms with van der Waals surface area (Å²) >= 11 is 0. The van der Waals surface area contributed by atoms with Crippen LogP contribution in [0.3, 0.4) is 0 Å². The number of benzene rings is 1. The molecule has 0 spiro atoms. The van der Waals surface area contributed by atoms with E-state index in [-0.39, 0.29) is 11.6 Å². The van der Waals surface area contributed by atoms with E-state index in [1.165, 1.54) is 18.2 Å². The van der Waals surface area contributed by atoms with E-state index >= 15 is 0 Å². The average molecular weight is 255 g/mol. The standard InChI is InChI=1S/C15H23F2N/c1-4-9-18-14(10-11(3)5-2)15-12(16)7-6-8-13(15)17/h6-8,11,14,18H,4-5,9-10H2,1-3H3. The Morgan fingerprint density at radius 3 is 2.28 bits per heavy atom. The van der Waals surface area contributed by atoms with Crippen LogP contribution in [0.5, 0.6) is 0 Å². The Morgan fingerprint density at radius 2 is 1.78 bits per heavy atom. The van der Waals surface area contributed by atoms with Crippen molar-refractivity contribution in [3.05, 3.63) is 35.4 Å². The Bertz CT molecular complexity index is 345. The molecule has 0 aliphatic heterocycles. The van der Waals surface area contributed by atoms with E-state index in [1.54, 1.807) is 0 Å². The van der Waals surface area contributed by atoms with Gasteiger partial charge < -0.3 is 5.32 Å². The second-order valence-electron chi connectivity index (χ2n) is 4.89. The number of nitrogens with one attached hydrogen (secondary N) is 1. The summed E-state index contributed by atoms with van der Waals surface area (Å²) in [5.41, 5.74) is 0.186. The van der Waals surface area contributed by atoms with Crippen LogP contribution in [-0.4, -0.2) is 6.54 Å². The molecule has 1 N–H and O–H groups in total. The van der Waals surface area contributed by atoms with Gasteiger partial charge in [-0.25, -0.2) is 8.78 Å². The van der Waals surface area contributed by atoms with E-state index in [0.29, 0.717) is 5.92 Å². The predicted molar refractivity (Wildman–Crippen MR) is 71.5 cm³/mol. The van der Waals surface area contributed by atoms with Crippen molar-refractivity contribution in [2.45, 2.75) is 46.1 Å². The maximum absolute atomic E-state index is 13.8. The predicted octanol–water partition coefficient (Wildman–Crippen LogP) is 4.44. The van der Waals surface area contributed by atoms with Gasteiger partial charge in [0.25, 0.3) is 0 Å². The molecule has 0 fully saturated rings. The van der Waals surface area contributed by atoms with Gasteiger partial charge in [0.1, 0.15) is 11.6 Å². The van der Waals surface area contributed by atoms with E-state index in [0.717, 1.165) is 25.8 Å². The van der Waals surface area contributed by atoms with E-state index in [1.807, 2.05) is 6.92 Å². The molecule has 3 heteroatoms. The normalized spacial score (nSPS) is 14.5. The van der Waals surface area contributed by atoms with Crippen molar-refractivity contribution in [2.75, 3.05) is 6.54 Å². The first-order chi connectivity index (χ1) is 8.60. The molecule has 1 nitrogen and oxygen atoms in total. The van der Waals surface area contributed by atoms with E-state index < -0.39 is 11.6 Å². The van der Waals surface area contributed by atoms with Crippen LogP contribution in [0.15, 0.2) is 18.2 Å². The first-order valence-corrected chi connectivity index (χ1v) is 6.77. The lowest BCUT2D eigenvalue weighted by atomic mass is 9.93. The Morgan fingerprint density at radius 1 is 1.17 bits per heavy atom. The van der Waals surface area contributed by atoms with Crippen LogP contribution in [-0.2, 0) is 0 Å². The minimum absolute atomic E-state index is 0.186. The molecule has 0 amide bonds. The highest BCUT2D eigenvalue weighted by Crippen LogP contribution is 2.27. The fourth-order valence-electron chi connectivity index (χ4n) is 2.03. The molecule has 0 heterocycles. The maximum atomic E-state index is 13.8. The zero-order chi connectivity index (χ0) is 13.5. The van der Waals surface area contributed by atoms with Crippen LogP contribution in [0, 0.1) is 17.6 Å². The van der Waals surface area contributed by atoms with Gasteiger partial charge in [0.15, 0.2) is 0 Å². The third-order valence-electron chi connectivity index (χ3n) is 3.32. The van der Waals surface area contributed by atoms with Crippen LogP contribution < -0.4 is 5.32 Å². The smallest absolute Gasteiger partial charge is 0.130 e. The summed E-state index contributed by atoms with van der Waals surface area (Å²) in [5, 5.41) is 3.25. The molecule has 0 saturated carbocycles. The van der Waals surface area contributed by atoms with Gasteiger partial charge >= 0.3 is 0 Å². The Labute approximate surface area is 109 Å². The van der Waals surface area contributed by atoms with Gasteiger partial charge in [0.05, 0.1) is 0 Å². The molecule has 0 aromatic heterocycles. The zero-order valence-corrected chi connectivity index (χ0v) is 11.5. The molecule has 0 saturated heterocycles. The molecule has 0 radical (unpaired) electrons. The highest BCUT2D eigenvalue weighted by atomic mass is 19.1. The molecule has 102 valence electrons. The molecule has 0 bridgehead atoms. The van der Waals surface area contributed by atoms with Gasteiger partial charge in [0.2, 0.25) is 0 Å². The van der Waals surface area contributed by atoms with Crippen LogP contribution in [0.25, 0.3) is 0 Å². The molecule has 18 heavy (non-hydrogen) atoms. The maximum Gasteiger partial charge on any atom is 0.130 e. The van der Waals surface area contributed by atoms with Crippen molar-refractivity contribution in [3.8, 4) is 0 Å². The third kappa shape index (κ3) is 4.05. The molecular formula is C15H23F2N. The summed E-state index contributed by atoms with van der Waals surface area (Å²) in [6.45, 7) is 7.03. The quantitative estimate of drug-likeness (QED) is 0.759. The Kier molecular flexibility index (Phi) is 6.27. The lowest BCUT2D eigenvalue weighted by Crippen LogP contribution is -2.25. The third-order valence-corrected chi connectivity index (χ3v) is 3.32. The zero-order valence-electron chi connectivity index (χ0n) is 11.5. The van der Waals surface area contributed by atoms with Crippen molar-refractivity contribution >= 4 is 0 Å². The fraction of sp³-hybridized carbons (Fsp3) is 0.600. The Hall–Kier alpha value is -0.960. The topological polar surface area (TPSA) is 12.0 Å². The van der Waals surface area contributed by atoms with Gasteiger partial charge in [0, 0.05) is 11.6 Å². The van der Waals surface area contributed by atoms with Gasteiger partial charge in [-0.15, -0.1) is 0 Å². The number of rotatable bonds is 7. The average Bonchev–Trinajstić information content (AvgIpc) is 2.35. The highest BCUT2D eigenvalue weighted by Gasteiger charge is 2.21. The lowest BCUT2D eigenvalue weighted by molar-refractivity contribution is 0.379. The van der Waals surface area contributed by atoms with Crippen LogP contribution >= 0.6 is 0 Å². The summed E-state index contributed by atoms with van der Waals surface area (Å²) in [7, 11) is 0. The van der Waals surface area contributed by atoms with Crippen molar-refractivity contribution in [2.24, 2.45) is 5.92 Å². The van der Waals surface area contributed by atoms with E-state index in [2.05, 4.69) is 19.2 Å². The van der Waals surface area contributed by atoms with Crippen LogP contribution in [0.1, 0.15) is 51.6 Å². The second-order valence-corrected chi connectivity index (χ2v) is 4.89. The van der Waals surface area contributed by atoms with Crippen molar-refractivity contribution in [3.63, 3.8) is 0 Å². The fourth-order valence-corrected chi connectivity index (χ4v) is 2.03. The molecule has 0 aliphatic rings. The summed E-state index contributed by atoms with van der Waals surface area (Å²) in [6.07, 6.45) is 2.72. The van der Waals surface area contributed by atoms with Gasteiger partial charge in [-0.1, -0.05) is 33.3 Å². The minimum atomic E-state index is -0.452. The highest BCUT2D eigenvalue weighted by molar-refractivity contribution is 5.23. The summed E-state index contributed by atoms with van der Waals surface area (Å²) in [4.78, 5) is 0. The van der Waals surface area contributed by atoms with Crippen molar-refractivity contribution in [1.82, 2.24) is 5.32 Å². The SMILES string of the molecule is CCCNC(CC(C)CC)c1c(F)cccc1F. The summed E-state index contributed by atoms with van der Waals surface area (Å²) in [6, 6.07) is 3.83. The number of hydrogen-bond acceptors (Lipinski definition) is 1. The van der Waals surface area contributed by atoms with Gasteiger partial charge in [-0.3, -0.25) is 0 Å². The van der Waals surface area contributed by atoms with Crippen LogP contribution in [0.4, 0.5) is 8.78 Å². The Balaban J connectivity index is 2.93. The monoisotopic (exact) mass is 255 g/mol. The van der Waals surface area contributed by atoms with Gasteiger partial charge in [-0.2, -0.15) is 0 Å². The number of hydrogen-bond donors (Lipinski definition) is 1. The van der Waals surface area contributed by atoms with Crippen molar-refractivity contribution < 1.29 is 8.78 Å². The molecule has 1 rings (SSSR count). The largest absolute Gasteiger partial charge is 0.310 e. The van der Waals surface area contributed by atoms with E-state index in [9.17, 15) is 8.78 Å². The molecule has 2 atom stereocenters. The minimum Gasteiger partial charge on any atom is -0.310 e. The molecule has 0 aliphatic carbocycles. The summed E-state index contributed by atoms with van der Waals surface area (Å²) < 4.78 is 27.6. The molecular weight excluding hydrogens is 232 g/mol. The van der Waals surface area contributed by atoms with Crippen molar-refractivity contribution in [1.29, 1.82) is 0 Å². The molecule has 2 unspecified atom stereocenters. The number of halogens is 2. The van der Waals surface area contributed by atoms with E-state index in [4.69, 9.17) is 0 Å². The lowest BCUT2D eigenvalue weighted by Gasteiger charge is -2.23. The first kappa shape index (κ1) is 15.1. The van der Waals surface area contributed by atoms with Crippen LogP contribution in [0.2, 0.25) is 0 Å². The second kappa shape index (κ2) is 7.47.